The lowest BCUT2D eigenvalue weighted by Crippen LogP contribution is -2.63. The van der Waals surface area contributed by atoms with Crippen LogP contribution in [0.15, 0.2) is 0 Å². The second-order valence-corrected chi connectivity index (χ2v) is 6.60. The van der Waals surface area contributed by atoms with Gasteiger partial charge in [0.2, 0.25) is 0 Å². The highest BCUT2D eigenvalue weighted by Gasteiger charge is 2.49. The summed E-state index contributed by atoms with van der Waals surface area (Å²) in [5.41, 5.74) is 0. The molecule has 10 atom stereocenters. The molecule has 0 radical (unpaired) electrons. The summed E-state index contributed by atoms with van der Waals surface area (Å²) in [5.74, 6) is 0. The third kappa shape index (κ3) is 4.51. The molecule has 2 heterocycles. The van der Waals surface area contributed by atoms with Gasteiger partial charge in [0.1, 0.15) is 42.7 Å². The van der Waals surface area contributed by atoms with Gasteiger partial charge >= 0.3 is 0 Å². The molecule has 0 unspecified atom stereocenters. The van der Waals surface area contributed by atoms with Crippen molar-refractivity contribution >= 4 is 0 Å². The third-order valence-electron chi connectivity index (χ3n) is 4.62. The van der Waals surface area contributed by atoms with Crippen LogP contribution in [0.4, 0.5) is 0 Å². The van der Waals surface area contributed by atoms with Crippen molar-refractivity contribution < 1.29 is 54.7 Å². The van der Waals surface area contributed by atoms with Crippen LogP contribution in [0.5, 0.6) is 0 Å². The van der Waals surface area contributed by atoms with Gasteiger partial charge in [-0.25, -0.2) is 0 Å². The van der Waals surface area contributed by atoms with E-state index < -0.39 is 80.7 Å². The summed E-state index contributed by atoms with van der Waals surface area (Å²) >= 11 is 0. The third-order valence-corrected chi connectivity index (χ3v) is 4.62. The van der Waals surface area contributed by atoms with E-state index in [1.165, 1.54) is 13.8 Å². The monoisotopic (exact) mass is 384 g/mol. The molecule has 11 nitrogen and oxygen atoms in total. The molecule has 0 bridgehead atoms. The van der Waals surface area contributed by atoms with E-state index in [0.29, 0.717) is 0 Å². The van der Waals surface area contributed by atoms with Crippen LogP contribution < -0.4 is 0 Å². The maximum Gasteiger partial charge on any atom is 0.187 e. The molecule has 7 N–H and O–H groups in total. The van der Waals surface area contributed by atoms with Crippen molar-refractivity contribution in [3.05, 3.63) is 0 Å². The summed E-state index contributed by atoms with van der Waals surface area (Å²) in [7, 11) is 0. The van der Waals surface area contributed by atoms with Crippen molar-refractivity contribution in [2.45, 2.75) is 81.4 Å². The summed E-state index contributed by atoms with van der Waals surface area (Å²) < 4.78 is 21.4. The van der Waals surface area contributed by atoms with E-state index in [1.54, 1.807) is 0 Å². The lowest BCUT2D eigenvalue weighted by Gasteiger charge is -2.45. The van der Waals surface area contributed by atoms with Gasteiger partial charge in [0.25, 0.3) is 0 Å². The van der Waals surface area contributed by atoms with E-state index in [2.05, 4.69) is 0 Å². The standard InChI is InChI=1S/C15H28O11/c1-5-8(18)10(20)11(21)14(23-5)26-13-9(19)6(2)24-15(12(13)22)25-7(3-16)4-17/h5-22H,3-4H2,1-2H3/t5-,6-,8-,9-,10+,11+,12+,13+,14-,15-/m1/s1. The molecule has 154 valence electrons. The van der Waals surface area contributed by atoms with Gasteiger partial charge in [-0.3, -0.25) is 0 Å². The molecule has 0 amide bonds. The molecule has 2 aliphatic heterocycles. The smallest absolute Gasteiger partial charge is 0.187 e. The van der Waals surface area contributed by atoms with Crippen LogP contribution in [0.1, 0.15) is 13.8 Å². The van der Waals surface area contributed by atoms with Gasteiger partial charge in [-0.2, -0.15) is 0 Å². The van der Waals surface area contributed by atoms with Crippen LogP contribution in [0.3, 0.4) is 0 Å². The van der Waals surface area contributed by atoms with Crippen LogP contribution in [-0.4, -0.2) is 116 Å². The van der Waals surface area contributed by atoms with Crippen molar-refractivity contribution in [3.63, 3.8) is 0 Å². The van der Waals surface area contributed by atoms with Crippen molar-refractivity contribution in [3.8, 4) is 0 Å². The first-order chi connectivity index (χ1) is 12.2. The van der Waals surface area contributed by atoms with Crippen LogP contribution in [-0.2, 0) is 18.9 Å². The SMILES string of the molecule is C[C@H]1O[C@H](O[C@@H]2[C@H](O)[C@@H](OC(CO)CO)O[C@H](C)[C@H]2O)[C@@H](O)[C@@H](O)[C@@H]1O. The summed E-state index contributed by atoms with van der Waals surface area (Å²) in [5, 5.41) is 68.4. The predicted octanol–water partition coefficient (Wildman–Crippen LogP) is -3.96. The first kappa shape index (κ1) is 21.9. The Balaban J connectivity index is 2.10. The number of aliphatic hydroxyl groups excluding tert-OH is 7. The highest BCUT2D eigenvalue weighted by Crippen LogP contribution is 2.29. The zero-order chi connectivity index (χ0) is 19.6. The molecular weight excluding hydrogens is 356 g/mol. The van der Waals surface area contributed by atoms with Crippen molar-refractivity contribution in [1.29, 1.82) is 0 Å². The first-order valence-electron chi connectivity index (χ1n) is 8.45. The Bertz CT molecular complexity index is 434. The van der Waals surface area contributed by atoms with E-state index in [0.717, 1.165) is 0 Å². The maximum absolute atomic E-state index is 10.4. The topological polar surface area (TPSA) is 179 Å². The van der Waals surface area contributed by atoms with Crippen molar-refractivity contribution in [1.82, 2.24) is 0 Å². The molecule has 26 heavy (non-hydrogen) atoms. The van der Waals surface area contributed by atoms with Gasteiger partial charge in [0.15, 0.2) is 12.6 Å². The first-order valence-corrected chi connectivity index (χ1v) is 8.45. The quantitative estimate of drug-likeness (QED) is 0.237. The van der Waals surface area contributed by atoms with Crippen LogP contribution >= 0.6 is 0 Å². The van der Waals surface area contributed by atoms with E-state index in [9.17, 15) is 25.5 Å². The summed E-state index contributed by atoms with van der Waals surface area (Å²) in [4.78, 5) is 0. The largest absolute Gasteiger partial charge is 0.394 e. The average molecular weight is 384 g/mol. The van der Waals surface area contributed by atoms with E-state index >= 15 is 0 Å². The summed E-state index contributed by atoms with van der Waals surface area (Å²) in [6, 6.07) is 0. The molecular formula is C15H28O11. The highest BCUT2D eigenvalue weighted by atomic mass is 16.7. The van der Waals surface area contributed by atoms with Crippen molar-refractivity contribution in [2.24, 2.45) is 0 Å². The molecule has 0 aromatic heterocycles. The number of hydrogen-bond donors (Lipinski definition) is 7. The Morgan fingerprint density at radius 2 is 1.27 bits per heavy atom. The normalized spacial score (nSPS) is 47.3. The second kappa shape index (κ2) is 9.17. The molecule has 2 fully saturated rings. The minimum absolute atomic E-state index is 0.516. The fourth-order valence-corrected chi connectivity index (χ4v) is 2.88. The van der Waals surface area contributed by atoms with Gasteiger partial charge in [0.05, 0.1) is 25.4 Å². The number of hydrogen-bond acceptors (Lipinski definition) is 11. The molecule has 2 rings (SSSR count). The number of rotatable bonds is 6. The molecule has 2 aliphatic rings. The minimum atomic E-state index is -1.61. The van der Waals surface area contributed by atoms with Crippen LogP contribution in [0, 0.1) is 0 Å². The zero-order valence-corrected chi connectivity index (χ0v) is 14.5. The zero-order valence-electron chi connectivity index (χ0n) is 14.5. The second-order valence-electron chi connectivity index (χ2n) is 6.60. The van der Waals surface area contributed by atoms with E-state index in [1.807, 2.05) is 0 Å². The maximum atomic E-state index is 10.4. The van der Waals surface area contributed by atoms with Crippen LogP contribution in [0.25, 0.3) is 0 Å². The highest BCUT2D eigenvalue weighted by molar-refractivity contribution is 4.92. The molecule has 2 saturated heterocycles. The minimum Gasteiger partial charge on any atom is -0.394 e. The Morgan fingerprint density at radius 3 is 1.85 bits per heavy atom. The van der Waals surface area contributed by atoms with Crippen molar-refractivity contribution in [2.75, 3.05) is 13.2 Å². The average Bonchev–Trinajstić information content (AvgIpc) is 2.62. The molecule has 0 aromatic carbocycles. The van der Waals surface area contributed by atoms with E-state index in [4.69, 9.17) is 29.2 Å². The molecule has 0 spiro atoms. The predicted molar refractivity (Wildman–Crippen MR) is 82.6 cm³/mol. The molecule has 0 aromatic rings. The Hall–Kier alpha value is -0.440. The number of ether oxygens (including phenoxy) is 4. The molecule has 0 saturated carbocycles. The van der Waals surface area contributed by atoms with Gasteiger partial charge in [-0.15, -0.1) is 0 Å². The Labute approximate surface area is 150 Å². The fourth-order valence-electron chi connectivity index (χ4n) is 2.88. The lowest BCUT2D eigenvalue weighted by molar-refractivity contribution is -0.359. The van der Waals surface area contributed by atoms with Gasteiger partial charge in [-0.1, -0.05) is 0 Å². The lowest BCUT2D eigenvalue weighted by atomic mass is 9.97. The van der Waals surface area contributed by atoms with Crippen LogP contribution in [0.2, 0.25) is 0 Å². The van der Waals surface area contributed by atoms with E-state index in [-0.39, 0.29) is 0 Å². The Kier molecular flexibility index (Phi) is 7.71. The molecule has 11 heteroatoms. The van der Waals surface area contributed by atoms with Gasteiger partial charge in [0, 0.05) is 0 Å². The fraction of sp³-hybridized carbons (Fsp3) is 1.00. The van der Waals surface area contributed by atoms with Gasteiger partial charge < -0.3 is 54.7 Å². The summed E-state index contributed by atoms with van der Waals surface area (Å²) in [6.45, 7) is 1.93. The van der Waals surface area contributed by atoms with Gasteiger partial charge in [-0.05, 0) is 13.8 Å². The summed E-state index contributed by atoms with van der Waals surface area (Å²) in [6.07, 6.45) is -14.1. The number of aliphatic hydroxyl groups is 7. The molecule has 0 aliphatic carbocycles. The Morgan fingerprint density at radius 1 is 0.731 bits per heavy atom.